The van der Waals surface area contributed by atoms with Crippen molar-refractivity contribution in [3.8, 4) is 0 Å². The monoisotopic (exact) mass is 275 g/mol. The summed E-state index contributed by atoms with van der Waals surface area (Å²) in [7, 11) is 1.69. The molecule has 0 aliphatic rings. The summed E-state index contributed by atoms with van der Waals surface area (Å²) in [5.74, 6) is 0. The zero-order valence-corrected chi connectivity index (χ0v) is 10.9. The highest BCUT2D eigenvalue weighted by Gasteiger charge is 2.10. The van der Waals surface area contributed by atoms with E-state index < -0.39 is 0 Å². The Morgan fingerprint density at radius 3 is 2.89 bits per heavy atom. The molecule has 0 saturated heterocycles. The molecule has 0 radical (unpaired) electrons. The van der Waals surface area contributed by atoms with Crippen LogP contribution in [0.1, 0.15) is 5.56 Å². The van der Waals surface area contributed by atoms with E-state index in [1.165, 1.54) is 15.6 Å². The molecule has 0 N–H and O–H groups in total. The van der Waals surface area contributed by atoms with Gasteiger partial charge in [0.15, 0.2) is 11.2 Å². The van der Waals surface area contributed by atoms with E-state index in [4.69, 9.17) is 11.6 Å². The number of fused-ring (bicyclic) bond motifs is 1. The predicted molar refractivity (Wildman–Crippen MR) is 71.1 cm³/mol. The largest absolute Gasteiger partial charge is 0.293 e. The highest BCUT2D eigenvalue weighted by atomic mass is 35.5. The summed E-state index contributed by atoms with van der Waals surface area (Å²) in [5.41, 5.74) is 1.37. The minimum atomic E-state index is -0.224. The maximum Gasteiger partial charge on any atom is 0.283 e. The van der Waals surface area contributed by atoms with Crippen molar-refractivity contribution in [2.45, 2.75) is 6.54 Å². The van der Waals surface area contributed by atoms with Gasteiger partial charge in [-0.05, 0) is 11.6 Å². The van der Waals surface area contributed by atoms with Gasteiger partial charge in [-0.15, -0.1) is 5.10 Å². The van der Waals surface area contributed by atoms with E-state index >= 15 is 0 Å². The van der Waals surface area contributed by atoms with E-state index in [2.05, 4.69) is 15.3 Å². The Bertz CT molecular complexity index is 807. The molecule has 0 bridgehead atoms. The molecule has 0 fully saturated rings. The smallest absolute Gasteiger partial charge is 0.283 e. The standard InChI is InChI=1S/C12H10ClN5O/c1-17-11-10(15-16-17)12(19)18(7-14-11)6-8-4-2-3-5-9(8)13/h2-5,7H,6H2,1H3. The molecular weight excluding hydrogens is 266 g/mol. The van der Waals surface area contributed by atoms with Gasteiger partial charge in [-0.1, -0.05) is 35.0 Å². The summed E-state index contributed by atoms with van der Waals surface area (Å²) in [4.78, 5) is 16.4. The van der Waals surface area contributed by atoms with Crippen LogP contribution in [0.15, 0.2) is 35.4 Å². The first kappa shape index (κ1) is 11.9. The van der Waals surface area contributed by atoms with E-state index in [9.17, 15) is 4.79 Å². The molecule has 6 nitrogen and oxygen atoms in total. The van der Waals surface area contributed by atoms with E-state index in [-0.39, 0.29) is 11.1 Å². The Labute approximate surface area is 113 Å². The molecule has 0 aliphatic heterocycles. The molecule has 0 aliphatic carbocycles. The summed E-state index contributed by atoms with van der Waals surface area (Å²) in [6.45, 7) is 0.359. The molecule has 0 unspecified atom stereocenters. The van der Waals surface area contributed by atoms with Crippen LogP contribution in [0, 0.1) is 0 Å². The maximum absolute atomic E-state index is 12.2. The van der Waals surface area contributed by atoms with Crippen LogP contribution in [0.5, 0.6) is 0 Å². The second-order valence-electron chi connectivity index (χ2n) is 4.15. The van der Waals surface area contributed by atoms with Gasteiger partial charge in [0, 0.05) is 12.1 Å². The molecule has 0 spiro atoms. The van der Waals surface area contributed by atoms with Gasteiger partial charge < -0.3 is 0 Å². The second kappa shape index (κ2) is 4.47. The summed E-state index contributed by atoms with van der Waals surface area (Å²) in [5, 5.41) is 8.23. The quantitative estimate of drug-likeness (QED) is 0.705. The number of aryl methyl sites for hydroxylation is 1. The molecule has 19 heavy (non-hydrogen) atoms. The van der Waals surface area contributed by atoms with Crippen LogP contribution in [0.3, 0.4) is 0 Å². The van der Waals surface area contributed by atoms with Crippen LogP contribution in [-0.2, 0) is 13.6 Å². The number of hydrogen-bond donors (Lipinski definition) is 0. The van der Waals surface area contributed by atoms with Gasteiger partial charge in [-0.3, -0.25) is 9.36 Å². The van der Waals surface area contributed by atoms with Gasteiger partial charge in [0.1, 0.15) is 6.33 Å². The molecule has 7 heteroatoms. The van der Waals surface area contributed by atoms with Gasteiger partial charge in [0.25, 0.3) is 5.56 Å². The second-order valence-corrected chi connectivity index (χ2v) is 4.56. The Hall–Kier alpha value is -2.21. The summed E-state index contributed by atoms with van der Waals surface area (Å²) in [6, 6.07) is 7.38. The van der Waals surface area contributed by atoms with Crippen molar-refractivity contribution in [3.05, 3.63) is 51.5 Å². The third-order valence-electron chi connectivity index (χ3n) is 2.88. The Morgan fingerprint density at radius 2 is 2.11 bits per heavy atom. The molecule has 0 atom stereocenters. The van der Waals surface area contributed by atoms with Gasteiger partial charge >= 0.3 is 0 Å². The molecule has 1 aromatic carbocycles. The van der Waals surface area contributed by atoms with Crippen LogP contribution in [0.4, 0.5) is 0 Å². The lowest BCUT2D eigenvalue weighted by molar-refractivity contribution is 0.724. The maximum atomic E-state index is 12.2. The van der Waals surface area contributed by atoms with E-state index in [0.717, 1.165) is 5.56 Å². The normalized spacial score (nSPS) is 11.1. The lowest BCUT2D eigenvalue weighted by Gasteiger charge is -2.06. The average Bonchev–Trinajstić information content (AvgIpc) is 2.78. The topological polar surface area (TPSA) is 65.6 Å². The van der Waals surface area contributed by atoms with Crippen molar-refractivity contribution in [1.82, 2.24) is 24.5 Å². The molecule has 96 valence electrons. The van der Waals surface area contributed by atoms with Crippen LogP contribution < -0.4 is 5.56 Å². The lowest BCUT2D eigenvalue weighted by Crippen LogP contribution is -2.21. The fourth-order valence-corrected chi connectivity index (χ4v) is 2.07. The summed E-state index contributed by atoms with van der Waals surface area (Å²) < 4.78 is 2.94. The zero-order chi connectivity index (χ0) is 13.4. The number of hydrogen-bond acceptors (Lipinski definition) is 4. The first-order valence-electron chi connectivity index (χ1n) is 5.65. The zero-order valence-electron chi connectivity index (χ0n) is 10.1. The van der Waals surface area contributed by atoms with Crippen LogP contribution in [0.25, 0.3) is 11.2 Å². The number of rotatable bonds is 2. The van der Waals surface area contributed by atoms with Crippen molar-refractivity contribution in [2.24, 2.45) is 7.05 Å². The highest BCUT2D eigenvalue weighted by Crippen LogP contribution is 2.15. The van der Waals surface area contributed by atoms with Gasteiger partial charge in [0.2, 0.25) is 0 Å². The average molecular weight is 276 g/mol. The molecule has 2 heterocycles. The third-order valence-corrected chi connectivity index (χ3v) is 3.25. The molecule has 0 saturated carbocycles. The third kappa shape index (κ3) is 2.00. The first-order chi connectivity index (χ1) is 9.16. The Balaban J connectivity index is 2.09. The van der Waals surface area contributed by atoms with E-state index in [0.29, 0.717) is 17.2 Å². The van der Waals surface area contributed by atoms with E-state index in [1.807, 2.05) is 18.2 Å². The van der Waals surface area contributed by atoms with Crippen LogP contribution >= 0.6 is 11.6 Å². The number of aromatic nitrogens is 5. The van der Waals surface area contributed by atoms with Crippen molar-refractivity contribution >= 4 is 22.8 Å². The van der Waals surface area contributed by atoms with Crippen LogP contribution in [0.2, 0.25) is 5.02 Å². The van der Waals surface area contributed by atoms with Crippen molar-refractivity contribution < 1.29 is 0 Å². The first-order valence-corrected chi connectivity index (χ1v) is 6.03. The predicted octanol–water partition coefficient (Wildman–Crippen LogP) is 1.23. The van der Waals surface area contributed by atoms with Crippen LogP contribution in [-0.4, -0.2) is 24.5 Å². The number of benzene rings is 1. The van der Waals surface area contributed by atoms with Gasteiger partial charge in [0.05, 0.1) is 6.54 Å². The minimum Gasteiger partial charge on any atom is -0.293 e. The van der Waals surface area contributed by atoms with Crippen molar-refractivity contribution in [2.75, 3.05) is 0 Å². The van der Waals surface area contributed by atoms with Gasteiger partial charge in [-0.2, -0.15) is 0 Å². The number of halogens is 1. The molecule has 2 aromatic heterocycles. The van der Waals surface area contributed by atoms with Gasteiger partial charge in [-0.25, -0.2) is 9.67 Å². The van der Waals surface area contributed by atoms with Crippen molar-refractivity contribution in [1.29, 1.82) is 0 Å². The fraction of sp³-hybridized carbons (Fsp3) is 0.167. The van der Waals surface area contributed by atoms with Crippen molar-refractivity contribution in [3.63, 3.8) is 0 Å². The SMILES string of the molecule is Cn1nnc2c(=O)n(Cc3ccccc3Cl)cnc21. The minimum absolute atomic E-state index is 0.224. The Morgan fingerprint density at radius 1 is 1.32 bits per heavy atom. The highest BCUT2D eigenvalue weighted by molar-refractivity contribution is 6.31. The Kier molecular flexibility index (Phi) is 2.79. The van der Waals surface area contributed by atoms with E-state index in [1.54, 1.807) is 13.1 Å². The molecular formula is C12H10ClN5O. The summed E-state index contributed by atoms with van der Waals surface area (Å²) in [6.07, 6.45) is 1.48. The molecule has 3 aromatic rings. The molecule has 3 rings (SSSR count). The number of nitrogens with zero attached hydrogens (tertiary/aromatic N) is 5. The summed E-state index contributed by atoms with van der Waals surface area (Å²) >= 11 is 6.08. The molecule has 0 amide bonds. The lowest BCUT2D eigenvalue weighted by atomic mass is 10.2. The fourth-order valence-electron chi connectivity index (χ4n) is 1.87.